The first-order chi connectivity index (χ1) is 9.06. The van der Waals surface area contributed by atoms with Crippen LogP contribution in [0.1, 0.15) is 15.9 Å². The van der Waals surface area contributed by atoms with Gasteiger partial charge in [-0.2, -0.15) is 0 Å². The van der Waals surface area contributed by atoms with Gasteiger partial charge < -0.3 is 15.5 Å². The van der Waals surface area contributed by atoms with E-state index >= 15 is 0 Å². The molecule has 0 saturated carbocycles. The molecular weight excluding hydrogens is 249 g/mol. The molecule has 0 unspecified atom stereocenters. The molecule has 2 aromatic carbocycles. The lowest BCUT2D eigenvalue weighted by molar-refractivity contribution is 0.0948. The molecule has 0 heterocycles. The van der Waals surface area contributed by atoms with Crippen molar-refractivity contribution in [3.05, 3.63) is 59.4 Å². The van der Waals surface area contributed by atoms with Gasteiger partial charge >= 0.3 is 0 Å². The van der Waals surface area contributed by atoms with E-state index in [0.717, 1.165) is 17.7 Å². The number of phenolic OH excluding ortho intramolecular Hbond substituents is 2. The smallest absolute Gasteiger partial charge is 0.255 e. The number of carbonyl (C=O) groups excluding carboxylic acids is 1. The summed E-state index contributed by atoms with van der Waals surface area (Å²) in [7, 11) is 0. The van der Waals surface area contributed by atoms with Gasteiger partial charge in [-0.1, -0.05) is 12.1 Å². The largest absolute Gasteiger partial charge is 0.508 e. The number of hydrogen-bond donors (Lipinski definition) is 3. The zero-order chi connectivity index (χ0) is 13.8. The van der Waals surface area contributed by atoms with Crippen LogP contribution in [0.4, 0.5) is 4.39 Å². The van der Waals surface area contributed by atoms with Crippen LogP contribution < -0.4 is 5.32 Å². The van der Waals surface area contributed by atoms with Crippen LogP contribution in [0.5, 0.6) is 11.5 Å². The van der Waals surface area contributed by atoms with E-state index in [1.54, 1.807) is 12.1 Å². The van der Waals surface area contributed by atoms with Gasteiger partial charge in [-0.3, -0.25) is 4.79 Å². The second-order valence-electron chi connectivity index (χ2n) is 4.01. The number of aromatic hydroxyl groups is 2. The molecule has 0 aliphatic heterocycles. The number of halogens is 1. The lowest BCUT2D eigenvalue weighted by Crippen LogP contribution is -2.22. The molecular formula is C14H12FNO3. The highest BCUT2D eigenvalue weighted by molar-refractivity contribution is 5.96. The van der Waals surface area contributed by atoms with Crippen molar-refractivity contribution >= 4 is 5.91 Å². The summed E-state index contributed by atoms with van der Waals surface area (Å²) in [6.45, 7) is 0.246. The molecule has 5 heteroatoms. The highest BCUT2D eigenvalue weighted by Gasteiger charge is 2.11. The Morgan fingerprint density at radius 1 is 1.11 bits per heavy atom. The van der Waals surface area contributed by atoms with E-state index in [2.05, 4.69) is 5.32 Å². The number of nitrogens with one attached hydrogen (secondary N) is 1. The molecule has 0 atom stereocenters. The summed E-state index contributed by atoms with van der Waals surface area (Å²) >= 11 is 0. The summed E-state index contributed by atoms with van der Waals surface area (Å²) in [6, 6.07) is 9.56. The fraction of sp³-hybridized carbons (Fsp3) is 0.0714. The van der Waals surface area contributed by atoms with E-state index in [4.69, 9.17) is 5.11 Å². The van der Waals surface area contributed by atoms with Crippen molar-refractivity contribution in [1.82, 2.24) is 5.32 Å². The van der Waals surface area contributed by atoms with Crippen molar-refractivity contribution in [2.24, 2.45) is 0 Å². The van der Waals surface area contributed by atoms with Crippen LogP contribution in [0.15, 0.2) is 42.5 Å². The number of rotatable bonds is 3. The molecule has 19 heavy (non-hydrogen) atoms. The summed E-state index contributed by atoms with van der Waals surface area (Å²) in [5, 5.41) is 21.2. The predicted molar refractivity (Wildman–Crippen MR) is 67.3 cm³/mol. The SMILES string of the molecule is O=C(NCc1ccc(O)cc1)c1ccc(F)cc1O. The van der Waals surface area contributed by atoms with Gasteiger partial charge in [-0.15, -0.1) is 0 Å². The minimum Gasteiger partial charge on any atom is -0.508 e. The first kappa shape index (κ1) is 12.9. The highest BCUT2D eigenvalue weighted by atomic mass is 19.1. The van der Waals surface area contributed by atoms with Crippen LogP contribution in [0.3, 0.4) is 0 Å². The molecule has 0 radical (unpaired) electrons. The first-order valence-corrected chi connectivity index (χ1v) is 5.61. The number of benzene rings is 2. The van der Waals surface area contributed by atoms with Gasteiger partial charge in [-0.05, 0) is 29.8 Å². The maximum Gasteiger partial charge on any atom is 0.255 e. The molecule has 0 bridgehead atoms. The van der Waals surface area contributed by atoms with Crippen LogP contribution in [-0.2, 0) is 6.54 Å². The third kappa shape index (κ3) is 3.22. The summed E-state index contributed by atoms with van der Waals surface area (Å²) in [5.74, 6) is -1.35. The van der Waals surface area contributed by atoms with Gasteiger partial charge in [0.1, 0.15) is 17.3 Å². The second kappa shape index (κ2) is 5.39. The molecule has 2 aromatic rings. The van der Waals surface area contributed by atoms with Gasteiger partial charge in [-0.25, -0.2) is 4.39 Å². The van der Waals surface area contributed by atoms with Crippen molar-refractivity contribution in [1.29, 1.82) is 0 Å². The van der Waals surface area contributed by atoms with Crippen molar-refractivity contribution in [3.8, 4) is 11.5 Å². The Morgan fingerprint density at radius 2 is 1.79 bits per heavy atom. The molecule has 2 rings (SSSR count). The number of amides is 1. The van der Waals surface area contributed by atoms with Crippen molar-refractivity contribution in [2.45, 2.75) is 6.54 Å². The zero-order valence-electron chi connectivity index (χ0n) is 9.93. The molecule has 4 nitrogen and oxygen atoms in total. The molecule has 0 fully saturated rings. The lowest BCUT2D eigenvalue weighted by atomic mass is 10.1. The van der Waals surface area contributed by atoms with E-state index in [-0.39, 0.29) is 17.9 Å². The molecule has 0 aromatic heterocycles. The third-order valence-corrected chi connectivity index (χ3v) is 2.59. The fourth-order valence-corrected chi connectivity index (χ4v) is 1.59. The number of carbonyl (C=O) groups is 1. The summed E-state index contributed by atoms with van der Waals surface area (Å²) < 4.78 is 12.8. The number of hydrogen-bond acceptors (Lipinski definition) is 3. The Morgan fingerprint density at radius 3 is 2.42 bits per heavy atom. The van der Waals surface area contributed by atoms with E-state index in [1.807, 2.05) is 0 Å². The van der Waals surface area contributed by atoms with Gasteiger partial charge in [0.15, 0.2) is 0 Å². The topological polar surface area (TPSA) is 69.6 Å². The van der Waals surface area contributed by atoms with Crippen molar-refractivity contribution in [3.63, 3.8) is 0 Å². The zero-order valence-corrected chi connectivity index (χ0v) is 9.93. The molecule has 0 spiro atoms. The molecule has 1 amide bonds. The van der Waals surface area contributed by atoms with E-state index in [0.29, 0.717) is 0 Å². The van der Waals surface area contributed by atoms with E-state index < -0.39 is 17.5 Å². The Hall–Kier alpha value is -2.56. The maximum absolute atomic E-state index is 12.8. The van der Waals surface area contributed by atoms with Gasteiger partial charge in [0.25, 0.3) is 5.91 Å². The average Bonchev–Trinajstić information content (AvgIpc) is 2.37. The predicted octanol–water partition coefficient (Wildman–Crippen LogP) is 2.17. The Balaban J connectivity index is 2.03. The standard InChI is InChI=1S/C14H12FNO3/c15-10-3-6-12(13(18)7-10)14(19)16-8-9-1-4-11(17)5-2-9/h1-7,17-18H,8H2,(H,16,19). The van der Waals surface area contributed by atoms with Gasteiger partial charge in [0, 0.05) is 12.6 Å². The van der Waals surface area contributed by atoms with Crippen LogP contribution >= 0.6 is 0 Å². The van der Waals surface area contributed by atoms with Crippen LogP contribution in [0.25, 0.3) is 0 Å². The lowest BCUT2D eigenvalue weighted by Gasteiger charge is -2.07. The van der Waals surface area contributed by atoms with Crippen LogP contribution in [-0.4, -0.2) is 16.1 Å². The molecule has 0 saturated heterocycles. The van der Waals surface area contributed by atoms with Gasteiger partial charge in [0.2, 0.25) is 0 Å². The summed E-state index contributed by atoms with van der Waals surface area (Å²) in [6.07, 6.45) is 0. The quantitative estimate of drug-likeness (QED) is 0.793. The monoisotopic (exact) mass is 261 g/mol. The Bertz CT molecular complexity index is 596. The van der Waals surface area contributed by atoms with Crippen molar-refractivity contribution < 1.29 is 19.4 Å². The number of phenols is 2. The highest BCUT2D eigenvalue weighted by Crippen LogP contribution is 2.18. The minimum absolute atomic E-state index is 0.0141. The van der Waals surface area contributed by atoms with Crippen molar-refractivity contribution in [2.75, 3.05) is 0 Å². The maximum atomic E-state index is 12.8. The Labute approximate surface area is 109 Å². The normalized spacial score (nSPS) is 10.2. The first-order valence-electron chi connectivity index (χ1n) is 5.61. The third-order valence-electron chi connectivity index (χ3n) is 2.59. The average molecular weight is 261 g/mol. The van der Waals surface area contributed by atoms with Gasteiger partial charge in [0.05, 0.1) is 5.56 Å². The Kier molecular flexibility index (Phi) is 3.66. The molecule has 0 aliphatic rings. The van der Waals surface area contributed by atoms with E-state index in [9.17, 15) is 14.3 Å². The van der Waals surface area contributed by atoms with Crippen LogP contribution in [0.2, 0.25) is 0 Å². The summed E-state index contributed by atoms with van der Waals surface area (Å²) in [4.78, 5) is 11.8. The van der Waals surface area contributed by atoms with Crippen LogP contribution in [0, 0.1) is 5.82 Å². The molecule has 0 aliphatic carbocycles. The van der Waals surface area contributed by atoms with E-state index in [1.165, 1.54) is 18.2 Å². The molecule has 3 N–H and O–H groups in total. The summed E-state index contributed by atoms with van der Waals surface area (Å²) in [5.41, 5.74) is 0.813. The minimum atomic E-state index is -0.604. The second-order valence-corrected chi connectivity index (χ2v) is 4.01. The fourth-order valence-electron chi connectivity index (χ4n) is 1.59. The molecule has 98 valence electrons.